The average molecular weight is 345 g/mol. The van der Waals surface area contributed by atoms with Crippen molar-refractivity contribution < 1.29 is 14.3 Å². The van der Waals surface area contributed by atoms with Crippen LogP contribution in [-0.2, 0) is 9.47 Å². The van der Waals surface area contributed by atoms with Crippen LogP contribution in [0.3, 0.4) is 0 Å². The first-order chi connectivity index (χ1) is 12.2. The molecule has 6 nitrogen and oxygen atoms in total. The van der Waals surface area contributed by atoms with Crippen LogP contribution in [0.15, 0.2) is 18.3 Å². The lowest BCUT2D eigenvalue weighted by molar-refractivity contribution is -0.181. The van der Waals surface area contributed by atoms with E-state index in [-0.39, 0.29) is 5.91 Å². The second kappa shape index (κ2) is 6.92. The Morgan fingerprint density at radius 2 is 1.84 bits per heavy atom. The SMILES string of the molecule is CC1CCN(c2ccnc(C(=O)N3CCC4(CC3)OCCO4)c2)CC1. The molecule has 1 amide bonds. The fourth-order valence-electron chi connectivity index (χ4n) is 4.00. The number of ether oxygens (including phenoxy) is 2. The van der Waals surface area contributed by atoms with Crippen LogP contribution in [0.25, 0.3) is 0 Å². The first kappa shape index (κ1) is 16.8. The lowest BCUT2D eigenvalue weighted by Crippen LogP contribution is -2.47. The second-order valence-corrected chi connectivity index (χ2v) is 7.47. The van der Waals surface area contributed by atoms with Crippen LogP contribution >= 0.6 is 0 Å². The summed E-state index contributed by atoms with van der Waals surface area (Å²) in [4.78, 5) is 21.4. The van der Waals surface area contributed by atoms with Crippen molar-refractivity contribution in [3.8, 4) is 0 Å². The molecule has 0 bridgehead atoms. The van der Waals surface area contributed by atoms with Gasteiger partial charge >= 0.3 is 0 Å². The number of aromatic nitrogens is 1. The van der Waals surface area contributed by atoms with Gasteiger partial charge in [0, 0.05) is 50.9 Å². The van der Waals surface area contributed by atoms with Gasteiger partial charge in [-0.1, -0.05) is 6.92 Å². The molecular formula is C19H27N3O3. The molecule has 25 heavy (non-hydrogen) atoms. The van der Waals surface area contributed by atoms with Crippen molar-refractivity contribution in [1.29, 1.82) is 0 Å². The van der Waals surface area contributed by atoms with Crippen LogP contribution in [0, 0.1) is 5.92 Å². The number of amides is 1. The zero-order valence-corrected chi connectivity index (χ0v) is 14.9. The number of hydrogen-bond acceptors (Lipinski definition) is 5. The van der Waals surface area contributed by atoms with E-state index in [1.54, 1.807) is 6.20 Å². The van der Waals surface area contributed by atoms with Crippen molar-refractivity contribution >= 4 is 11.6 Å². The first-order valence-corrected chi connectivity index (χ1v) is 9.43. The Labute approximate surface area is 149 Å². The summed E-state index contributed by atoms with van der Waals surface area (Å²) in [5, 5.41) is 0. The van der Waals surface area contributed by atoms with E-state index in [1.807, 2.05) is 17.0 Å². The summed E-state index contributed by atoms with van der Waals surface area (Å²) in [5.41, 5.74) is 1.65. The summed E-state index contributed by atoms with van der Waals surface area (Å²) >= 11 is 0. The van der Waals surface area contributed by atoms with Gasteiger partial charge < -0.3 is 19.3 Å². The number of pyridine rings is 1. The van der Waals surface area contributed by atoms with Crippen molar-refractivity contribution in [2.45, 2.75) is 38.4 Å². The molecule has 0 radical (unpaired) electrons. The topological polar surface area (TPSA) is 54.9 Å². The molecule has 6 heteroatoms. The minimum atomic E-state index is -0.448. The summed E-state index contributed by atoms with van der Waals surface area (Å²) in [6.07, 6.45) is 5.65. The van der Waals surface area contributed by atoms with E-state index in [9.17, 15) is 4.79 Å². The third kappa shape index (κ3) is 3.51. The van der Waals surface area contributed by atoms with E-state index in [0.29, 0.717) is 32.0 Å². The van der Waals surface area contributed by atoms with Crippen molar-refractivity contribution in [3.63, 3.8) is 0 Å². The normalized spacial score (nSPS) is 24.0. The van der Waals surface area contributed by atoms with Crippen molar-refractivity contribution in [2.75, 3.05) is 44.3 Å². The van der Waals surface area contributed by atoms with Crippen LogP contribution in [0.4, 0.5) is 5.69 Å². The van der Waals surface area contributed by atoms with Gasteiger partial charge in [0.05, 0.1) is 13.2 Å². The smallest absolute Gasteiger partial charge is 0.272 e. The van der Waals surface area contributed by atoms with E-state index in [4.69, 9.17) is 9.47 Å². The Morgan fingerprint density at radius 1 is 1.16 bits per heavy atom. The third-order valence-electron chi connectivity index (χ3n) is 5.74. The predicted octanol–water partition coefficient (Wildman–Crippen LogP) is 2.30. The number of hydrogen-bond donors (Lipinski definition) is 0. The highest BCUT2D eigenvalue weighted by molar-refractivity contribution is 5.93. The molecule has 0 saturated carbocycles. The highest BCUT2D eigenvalue weighted by Gasteiger charge is 2.41. The molecule has 3 saturated heterocycles. The Morgan fingerprint density at radius 3 is 2.52 bits per heavy atom. The van der Waals surface area contributed by atoms with Gasteiger partial charge in [0.1, 0.15) is 5.69 Å². The van der Waals surface area contributed by atoms with Crippen LogP contribution in [-0.4, -0.2) is 61.0 Å². The summed E-state index contributed by atoms with van der Waals surface area (Å²) in [6, 6.07) is 3.96. The predicted molar refractivity (Wildman–Crippen MR) is 94.6 cm³/mol. The van der Waals surface area contributed by atoms with E-state index in [2.05, 4.69) is 16.8 Å². The Balaban J connectivity index is 1.41. The molecule has 1 spiro atoms. The molecule has 0 atom stereocenters. The molecule has 4 heterocycles. The molecule has 0 aromatic carbocycles. The standard InChI is InChI=1S/C19H27N3O3/c1-15-3-8-21(9-4-15)16-2-7-20-17(14-16)18(23)22-10-5-19(6-11-22)24-12-13-25-19/h2,7,14-15H,3-6,8-13H2,1H3. The van der Waals surface area contributed by atoms with Gasteiger partial charge in [-0.15, -0.1) is 0 Å². The number of rotatable bonds is 2. The summed E-state index contributed by atoms with van der Waals surface area (Å²) in [5.74, 6) is 0.358. The van der Waals surface area contributed by atoms with Gasteiger partial charge in [-0.25, -0.2) is 0 Å². The lowest BCUT2D eigenvalue weighted by Gasteiger charge is -2.37. The zero-order valence-electron chi connectivity index (χ0n) is 14.9. The Kier molecular flexibility index (Phi) is 4.65. The largest absolute Gasteiger partial charge is 0.371 e. The number of carbonyl (C=O) groups excluding carboxylic acids is 1. The van der Waals surface area contributed by atoms with Gasteiger partial charge in [0.2, 0.25) is 0 Å². The van der Waals surface area contributed by atoms with Gasteiger partial charge in [-0.2, -0.15) is 0 Å². The summed E-state index contributed by atoms with van der Waals surface area (Å²) in [7, 11) is 0. The number of piperidine rings is 2. The number of anilines is 1. The van der Waals surface area contributed by atoms with Crippen LogP contribution in [0.1, 0.15) is 43.1 Å². The number of carbonyl (C=O) groups is 1. The minimum absolute atomic E-state index is 0.0140. The van der Waals surface area contributed by atoms with Crippen LogP contribution in [0.5, 0.6) is 0 Å². The van der Waals surface area contributed by atoms with Gasteiger partial charge in [-0.05, 0) is 30.9 Å². The average Bonchev–Trinajstić information content (AvgIpc) is 3.10. The quantitative estimate of drug-likeness (QED) is 0.823. The monoisotopic (exact) mass is 345 g/mol. The zero-order chi connectivity index (χ0) is 17.3. The molecule has 3 aliphatic heterocycles. The van der Waals surface area contributed by atoms with Crippen molar-refractivity contribution in [1.82, 2.24) is 9.88 Å². The van der Waals surface area contributed by atoms with Crippen molar-refractivity contribution in [3.05, 3.63) is 24.0 Å². The molecule has 136 valence electrons. The fraction of sp³-hybridized carbons (Fsp3) is 0.684. The number of likely N-dealkylation sites (tertiary alicyclic amines) is 1. The van der Waals surface area contributed by atoms with Gasteiger partial charge in [-0.3, -0.25) is 9.78 Å². The first-order valence-electron chi connectivity index (χ1n) is 9.43. The molecule has 3 fully saturated rings. The van der Waals surface area contributed by atoms with Crippen LogP contribution < -0.4 is 4.90 Å². The highest BCUT2D eigenvalue weighted by atomic mass is 16.7. The van der Waals surface area contributed by atoms with Gasteiger partial charge in [0.25, 0.3) is 5.91 Å². The lowest BCUT2D eigenvalue weighted by atomic mass is 9.99. The molecule has 0 aliphatic carbocycles. The molecule has 0 unspecified atom stereocenters. The summed E-state index contributed by atoms with van der Waals surface area (Å²) in [6.45, 7) is 7.05. The molecule has 1 aromatic rings. The maximum Gasteiger partial charge on any atom is 0.272 e. The van der Waals surface area contributed by atoms with Crippen molar-refractivity contribution in [2.24, 2.45) is 5.92 Å². The second-order valence-electron chi connectivity index (χ2n) is 7.47. The minimum Gasteiger partial charge on any atom is -0.371 e. The molecule has 1 aromatic heterocycles. The molecule has 4 rings (SSSR count). The number of nitrogens with zero attached hydrogens (tertiary/aromatic N) is 3. The highest BCUT2D eigenvalue weighted by Crippen LogP contribution is 2.32. The Hall–Kier alpha value is -1.66. The maximum absolute atomic E-state index is 12.9. The van der Waals surface area contributed by atoms with E-state index in [1.165, 1.54) is 12.8 Å². The molecule has 3 aliphatic rings. The van der Waals surface area contributed by atoms with Gasteiger partial charge in [0.15, 0.2) is 5.79 Å². The van der Waals surface area contributed by atoms with Crippen LogP contribution in [0.2, 0.25) is 0 Å². The van der Waals surface area contributed by atoms with E-state index in [0.717, 1.165) is 37.5 Å². The summed E-state index contributed by atoms with van der Waals surface area (Å²) < 4.78 is 11.5. The van der Waals surface area contributed by atoms with E-state index >= 15 is 0 Å². The maximum atomic E-state index is 12.9. The third-order valence-corrected chi connectivity index (χ3v) is 5.74. The fourth-order valence-corrected chi connectivity index (χ4v) is 4.00. The van der Waals surface area contributed by atoms with E-state index < -0.39 is 5.79 Å². The molecule has 0 N–H and O–H groups in total. The molecular weight excluding hydrogens is 318 g/mol. The Bertz CT molecular complexity index is 612.